The van der Waals surface area contributed by atoms with E-state index in [1.165, 1.54) is 48.1 Å². The van der Waals surface area contributed by atoms with Crippen molar-refractivity contribution in [2.24, 2.45) is 5.92 Å². The van der Waals surface area contributed by atoms with Crippen molar-refractivity contribution in [1.29, 1.82) is 0 Å². The molecule has 3 fully saturated rings. The van der Waals surface area contributed by atoms with E-state index in [0.29, 0.717) is 0 Å². The Kier molecular flexibility index (Phi) is 2.98. The Balaban J connectivity index is 1.53. The Hall–Kier alpha value is -1.32. The topological polar surface area (TPSA) is 32.7 Å². The second-order valence-corrected chi connectivity index (χ2v) is 9.56. The largest absolute Gasteiger partial charge is 0.484 e. The Morgan fingerprint density at radius 3 is 2.92 bits per heavy atom. The number of hydrogen-bond donors (Lipinski definition) is 1. The van der Waals surface area contributed by atoms with E-state index >= 15 is 0 Å². The highest BCUT2D eigenvalue weighted by molar-refractivity contribution is 5.61. The molecule has 1 N–H and O–H groups in total. The van der Waals surface area contributed by atoms with Crippen molar-refractivity contribution in [3.05, 3.63) is 41.0 Å². The molecule has 3 aliphatic carbocycles. The zero-order chi connectivity index (χ0) is 17.7. The van der Waals surface area contributed by atoms with E-state index in [1.807, 2.05) is 0 Å². The maximum Gasteiger partial charge on any atom is 0.132 e. The first-order chi connectivity index (χ1) is 12.5. The van der Waals surface area contributed by atoms with Crippen LogP contribution in [0.25, 0.3) is 0 Å². The SMILES string of the molecule is C=C1CC[C@]2(O)[C@@H]3Cc4ccc(C)c5c4[C@]2(CCN3CC2CCC2)[C@@H]1O5. The van der Waals surface area contributed by atoms with E-state index in [-0.39, 0.29) is 17.6 Å². The summed E-state index contributed by atoms with van der Waals surface area (Å²) in [5.41, 5.74) is 4.20. The van der Waals surface area contributed by atoms with Crippen LogP contribution in [0.5, 0.6) is 5.75 Å². The van der Waals surface area contributed by atoms with Crippen LogP contribution in [0.1, 0.15) is 55.2 Å². The average molecular weight is 351 g/mol. The van der Waals surface area contributed by atoms with Crippen LogP contribution in [0.15, 0.2) is 24.3 Å². The molecule has 3 nitrogen and oxygen atoms in total. The van der Waals surface area contributed by atoms with Gasteiger partial charge < -0.3 is 9.84 Å². The summed E-state index contributed by atoms with van der Waals surface area (Å²) >= 11 is 0. The molecule has 2 heterocycles. The van der Waals surface area contributed by atoms with Gasteiger partial charge in [0.05, 0.1) is 11.0 Å². The highest BCUT2D eigenvalue weighted by atomic mass is 16.5. The van der Waals surface area contributed by atoms with Crippen molar-refractivity contribution in [1.82, 2.24) is 4.90 Å². The number of benzene rings is 1. The van der Waals surface area contributed by atoms with Gasteiger partial charge in [-0.05, 0) is 74.6 Å². The normalized spacial score (nSPS) is 40.8. The first kappa shape index (κ1) is 15.7. The molecular weight excluding hydrogens is 322 g/mol. The molecule has 6 rings (SSSR count). The molecule has 0 amide bonds. The number of piperidine rings is 1. The van der Waals surface area contributed by atoms with Crippen molar-refractivity contribution in [2.45, 2.75) is 75.0 Å². The van der Waals surface area contributed by atoms with Crippen LogP contribution in [0.2, 0.25) is 0 Å². The van der Waals surface area contributed by atoms with Gasteiger partial charge in [0.2, 0.25) is 0 Å². The van der Waals surface area contributed by atoms with E-state index in [1.54, 1.807) is 0 Å². The average Bonchev–Trinajstić information content (AvgIpc) is 2.93. The molecule has 138 valence electrons. The molecule has 1 aromatic rings. The highest BCUT2D eigenvalue weighted by Gasteiger charge is 2.71. The summed E-state index contributed by atoms with van der Waals surface area (Å²) in [4.78, 5) is 2.64. The first-order valence-electron chi connectivity index (χ1n) is 10.5. The maximum absolute atomic E-state index is 12.2. The number of rotatable bonds is 2. The standard InChI is InChI=1S/C23H29NO2/c1-14-6-7-17-12-18-23(25)9-8-15(2)21-22(23,19(17)20(14)26-21)10-11-24(18)13-16-4-3-5-16/h6-7,16,18,21,25H,2-5,8-13H2,1H3/t18-,21+,22+,23-/m0/s1. The number of likely N-dealkylation sites (tertiary alicyclic amines) is 1. The third-order valence-corrected chi connectivity index (χ3v) is 8.46. The predicted octanol–water partition coefficient (Wildman–Crippen LogP) is 3.51. The van der Waals surface area contributed by atoms with E-state index < -0.39 is 5.60 Å². The molecule has 26 heavy (non-hydrogen) atoms. The molecule has 4 atom stereocenters. The third-order valence-electron chi connectivity index (χ3n) is 8.46. The fourth-order valence-electron chi connectivity index (χ4n) is 6.91. The number of aliphatic hydroxyl groups is 1. The zero-order valence-corrected chi connectivity index (χ0v) is 15.8. The van der Waals surface area contributed by atoms with Gasteiger partial charge in [-0.1, -0.05) is 25.1 Å². The van der Waals surface area contributed by atoms with E-state index in [9.17, 15) is 5.11 Å². The lowest BCUT2D eigenvalue weighted by atomic mass is 9.48. The second kappa shape index (κ2) is 4.94. The summed E-state index contributed by atoms with van der Waals surface area (Å²) in [7, 11) is 0. The van der Waals surface area contributed by atoms with Gasteiger partial charge in [0.15, 0.2) is 0 Å². The molecule has 2 aliphatic heterocycles. The Morgan fingerprint density at radius 2 is 2.15 bits per heavy atom. The summed E-state index contributed by atoms with van der Waals surface area (Å²) in [6.07, 6.45) is 7.78. The molecule has 0 radical (unpaired) electrons. The third kappa shape index (κ3) is 1.64. The van der Waals surface area contributed by atoms with E-state index in [0.717, 1.165) is 43.9 Å². The minimum atomic E-state index is -0.674. The monoisotopic (exact) mass is 351 g/mol. The van der Waals surface area contributed by atoms with Crippen LogP contribution in [0.4, 0.5) is 0 Å². The lowest BCUT2D eigenvalue weighted by molar-refractivity contribution is -0.177. The number of hydrogen-bond acceptors (Lipinski definition) is 3. The van der Waals surface area contributed by atoms with Gasteiger partial charge in [0.1, 0.15) is 11.9 Å². The summed E-state index contributed by atoms with van der Waals surface area (Å²) in [5.74, 6) is 1.90. The lowest BCUT2D eigenvalue weighted by Crippen LogP contribution is -2.75. The van der Waals surface area contributed by atoms with Crippen molar-refractivity contribution in [3.63, 3.8) is 0 Å². The van der Waals surface area contributed by atoms with Gasteiger partial charge in [-0.2, -0.15) is 0 Å². The Labute approximate surface area is 156 Å². The summed E-state index contributed by atoms with van der Waals surface area (Å²) in [6.45, 7) is 8.77. The van der Waals surface area contributed by atoms with Gasteiger partial charge in [-0.3, -0.25) is 4.90 Å². The maximum atomic E-state index is 12.2. The minimum absolute atomic E-state index is 0.0373. The number of ether oxygens (including phenoxy) is 1. The van der Waals surface area contributed by atoms with Gasteiger partial charge in [-0.25, -0.2) is 0 Å². The van der Waals surface area contributed by atoms with Crippen LogP contribution in [0.3, 0.4) is 0 Å². The second-order valence-electron chi connectivity index (χ2n) is 9.56. The Morgan fingerprint density at radius 1 is 1.31 bits per heavy atom. The summed E-state index contributed by atoms with van der Waals surface area (Å²) < 4.78 is 6.56. The fraction of sp³-hybridized carbons (Fsp3) is 0.652. The fourth-order valence-corrected chi connectivity index (χ4v) is 6.91. The lowest BCUT2D eigenvalue weighted by Gasteiger charge is -2.63. The molecule has 1 saturated heterocycles. The van der Waals surface area contributed by atoms with Gasteiger partial charge in [0.25, 0.3) is 0 Å². The molecule has 1 spiro atoms. The van der Waals surface area contributed by atoms with Gasteiger partial charge in [-0.15, -0.1) is 0 Å². The van der Waals surface area contributed by atoms with Gasteiger partial charge >= 0.3 is 0 Å². The molecular formula is C23H29NO2. The number of aryl methyl sites for hydroxylation is 1. The Bertz CT molecular complexity index is 813. The quantitative estimate of drug-likeness (QED) is 0.828. The van der Waals surface area contributed by atoms with Crippen LogP contribution < -0.4 is 4.74 Å². The molecule has 2 saturated carbocycles. The number of nitrogens with zero attached hydrogens (tertiary/aromatic N) is 1. The van der Waals surface area contributed by atoms with E-state index in [4.69, 9.17) is 4.74 Å². The molecule has 0 unspecified atom stereocenters. The first-order valence-corrected chi connectivity index (χ1v) is 10.5. The zero-order valence-electron chi connectivity index (χ0n) is 15.8. The molecule has 1 aromatic carbocycles. The molecule has 3 heteroatoms. The molecule has 2 bridgehead atoms. The van der Waals surface area contributed by atoms with Crippen molar-refractivity contribution >= 4 is 0 Å². The minimum Gasteiger partial charge on any atom is -0.484 e. The summed E-state index contributed by atoms with van der Waals surface area (Å²) in [5, 5.41) is 12.2. The van der Waals surface area contributed by atoms with Crippen molar-refractivity contribution in [3.8, 4) is 5.75 Å². The van der Waals surface area contributed by atoms with Crippen LogP contribution in [-0.4, -0.2) is 40.8 Å². The van der Waals surface area contributed by atoms with Crippen molar-refractivity contribution < 1.29 is 9.84 Å². The van der Waals surface area contributed by atoms with Gasteiger partial charge in [0, 0.05) is 18.2 Å². The smallest absolute Gasteiger partial charge is 0.132 e. The predicted molar refractivity (Wildman–Crippen MR) is 102 cm³/mol. The molecule has 5 aliphatic rings. The van der Waals surface area contributed by atoms with E-state index in [2.05, 4.69) is 30.5 Å². The van der Waals surface area contributed by atoms with Crippen LogP contribution >= 0.6 is 0 Å². The van der Waals surface area contributed by atoms with Crippen molar-refractivity contribution in [2.75, 3.05) is 13.1 Å². The summed E-state index contributed by atoms with van der Waals surface area (Å²) in [6, 6.07) is 4.75. The molecule has 0 aromatic heterocycles. The highest BCUT2D eigenvalue weighted by Crippen LogP contribution is 2.65. The van der Waals surface area contributed by atoms with Crippen LogP contribution in [0, 0.1) is 12.8 Å². The van der Waals surface area contributed by atoms with Crippen LogP contribution in [-0.2, 0) is 11.8 Å².